The van der Waals surface area contributed by atoms with Gasteiger partial charge in [0.25, 0.3) is 5.22 Å². The van der Waals surface area contributed by atoms with Gasteiger partial charge in [-0.3, -0.25) is 14.5 Å². The fourth-order valence-corrected chi connectivity index (χ4v) is 3.69. The number of carbonyl (C=O) groups excluding carboxylic acids is 2. The Hall–Kier alpha value is -1.61. The van der Waals surface area contributed by atoms with Crippen molar-refractivity contribution in [1.29, 1.82) is 0 Å². The molecule has 0 bridgehead atoms. The van der Waals surface area contributed by atoms with Crippen molar-refractivity contribution >= 4 is 23.6 Å². The van der Waals surface area contributed by atoms with E-state index in [1.165, 1.54) is 11.8 Å². The van der Waals surface area contributed by atoms with Crippen molar-refractivity contribution in [2.45, 2.75) is 44.4 Å². The van der Waals surface area contributed by atoms with Gasteiger partial charge in [0.05, 0.1) is 24.3 Å². The molecule has 2 rings (SSSR count). The fraction of sp³-hybridized carbons (Fsp3) is 0.765. The summed E-state index contributed by atoms with van der Waals surface area (Å²) in [6.45, 7) is 5.42. The van der Waals surface area contributed by atoms with E-state index in [9.17, 15) is 9.59 Å². The van der Waals surface area contributed by atoms with Crippen LogP contribution in [-0.2, 0) is 14.3 Å². The smallest absolute Gasteiger partial charge is 0.309 e. The lowest BCUT2D eigenvalue weighted by Crippen LogP contribution is -2.41. The molecule has 0 saturated carbocycles. The van der Waals surface area contributed by atoms with Crippen molar-refractivity contribution < 1.29 is 18.7 Å². The summed E-state index contributed by atoms with van der Waals surface area (Å²) in [6, 6.07) is 0.0782. The molecule has 1 amide bonds. The van der Waals surface area contributed by atoms with Crippen molar-refractivity contribution in [3.63, 3.8) is 0 Å². The van der Waals surface area contributed by atoms with Gasteiger partial charge in [0.15, 0.2) is 0 Å². The van der Waals surface area contributed by atoms with Gasteiger partial charge >= 0.3 is 5.97 Å². The molecule has 8 nitrogen and oxygen atoms in total. The van der Waals surface area contributed by atoms with E-state index < -0.39 is 0 Å². The highest BCUT2D eigenvalue weighted by molar-refractivity contribution is 7.99. The Morgan fingerprint density at radius 2 is 2.00 bits per heavy atom. The topological polar surface area (TPSA) is 88.8 Å². The summed E-state index contributed by atoms with van der Waals surface area (Å²) in [5, 5.41) is 8.53. The van der Waals surface area contributed by atoms with Gasteiger partial charge in [-0.25, -0.2) is 0 Å². The molecule has 1 aliphatic rings. The molecule has 0 N–H and O–H groups in total. The van der Waals surface area contributed by atoms with Crippen LogP contribution in [0, 0.1) is 5.92 Å². The van der Waals surface area contributed by atoms with E-state index in [0.29, 0.717) is 43.7 Å². The first-order valence-electron chi connectivity index (χ1n) is 9.03. The lowest BCUT2D eigenvalue weighted by molar-refractivity contribution is -0.151. The van der Waals surface area contributed by atoms with Crippen LogP contribution in [0.1, 0.15) is 45.0 Å². The third-order valence-corrected chi connectivity index (χ3v) is 5.31. The highest BCUT2D eigenvalue weighted by atomic mass is 32.2. The minimum absolute atomic E-state index is 0.0247. The maximum absolute atomic E-state index is 12.4. The quantitative estimate of drug-likeness (QED) is 0.496. The van der Waals surface area contributed by atoms with E-state index in [4.69, 9.17) is 9.15 Å². The second kappa shape index (κ2) is 9.91. The fourth-order valence-electron chi connectivity index (χ4n) is 3.01. The SMILES string of the molecule is CCOC(=O)C1CCN(C(=O)CSc2nnc(C(CC)N(C)C)o2)CC1. The van der Waals surface area contributed by atoms with E-state index in [1.54, 1.807) is 11.8 Å². The minimum atomic E-state index is -0.154. The van der Waals surface area contributed by atoms with Crippen LogP contribution in [0.3, 0.4) is 0 Å². The molecule has 1 fully saturated rings. The predicted molar refractivity (Wildman–Crippen MR) is 97.7 cm³/mol. The first-order chi connectivity index (χ1) is 12.5. The third kappa shape index (κ3) is 5.44. The molecule has 1 unspecified atom stereocenters. The number of aromatic nitrogens is 2. The first-order valence-corrected chi connectivity index (χ1v) is 10.0. The molecular formula is C17H28N4O4S. The minimum Gasteiger partial charge on any atom is -0.466 e. The third-order valence-electron chi connectivity index (χ3n) is 4.50. The van der Waals surface area contributed by atoms with Gasteiger partial charge in [0.1, 0.15) is 0 Å². The van der Waals surface area contributed by atoms with Crippen molar-refractivity contribution in [2.24, 2.45) is 5.92 Å². The maximum Gasteiger partial charge on any atom is 0.309 e. The number of esters is 1. The first kappa shape index (κ1) is 20.7. The average molecular weight is 385 g/mol. The largest absolute Gasteiger partial charge is 0.466 e. The molecule has 146 valence electrons. The molecule has 1 aromatic rings. The molecular weight excluding hydrogens is 356 g/mol. The van der Waals surface area contributed by atoms with Crippen molar-refractivity contribution in [3.8, 4) is 0 Å². The van der Waals surface area contributed by atoms with Crippen LogP contribution in [-0.4, -0.2) is 71.4 Å². The lowest BCUT2D eigenvalue weighted by atomic mass is 9.97. The van der Waals surface area contributed by atoms with Crippen molar-refractivity contribution in [2.75, 3.05) is 39.5 Å². The van der Waals surface area contributed by atoms with E-state index >= 15 is 0 Å². The summed E-state index contributed by atoms with van der Waals surface area (Å²) in [4.78, 5) is 27.9. The van der Waals surface area contributed by atoms with E-state index in [2.05, 4.69) is 17.1 Å². The van der Waals surface area contributed by atoms with Crippen LogP contribution in [0.15, 0.2) is 9.64 Å². The summed E-state index contributed by atoms with van der Waals surface area (Å²) >= 11 is 1.26. The van der Waals surface area contributed by atoms with Gasteiger partial charge in [0, 0.05) is 13.1 Å². The molecule has 0 aromatic carbocycles. The molecule has 0 spiro atoms. The van der Waals surface area contributed by atoms with Crippen LogP contribution in [0.4, 0.5) is 0 Å². The lowest BCUT2D eigenvalue weighted by Gasteiger charge is -2.30. The summed E-state index contributed by atoms with van der Waals surface area (Å²) < 4.78 is 10.7. The number of likely N-dealkylation sites (tertiary alicyclic amines) is 1. The zero-order valence-corrected chi connectivity index (χ0v) is 16.8. The van der Waals surface area contributed by atoms with E-state index in [0.717, 1.165) is 6.42 Å². The van der Waals surface area contributed by atoms with Crippen molar-refractivity contribution in [1.82, 2.24) is 20.0 Å². The Kier molecular flexibility index (Phi) is 7.89. The van der Waals surface area contributed by atoms with Gasteiger partial charge in [-0.1, -0.05) is 18.7 Å². The number of hydrogen-bond acceptors (Lipinski definition) is 8. The second-order valence-corrected chi connectivity index (χ2v) is 7.42. The van der Waals surface area contributed by atoms with Gasteiger partial charge in [0.2, 0.25) is 11.8 Å². The normalized spacial score (nSPS) is 16.7. The van der Waals surface area contributed by atoms with E-state index in [1.807, 2.05) is 19.0 Å². The monoisotopic (exact) mass is 384 g/mol. The van der Waals surface area contributed by atoms with Crippen LogP contribution in [0.5, 0.6) is 0 Å². The van der Waals surface area contributed by atoms with Gasteiger partial charge in [-0.2, -0.15) is 0 Å². The van der Waals surface area contributed by atoms with Crippen LogP contribution < -0.4 is 0 Å². The molecule has 1 aliphatic heterocycles. The highest BCUT2D eigenvalue weighted by Gasteiger charge is 2.28. The number of ether oxygens (including phenoxy) is 1. The molecule has 1 saturated heterocycles. The Morgan fingerprint density at radius 1 is 1.31 bits per heavy atom. The predicted octanol–water partition coefficient (Wildman–Crippen LogP) is 1.98. The molecule has 0 aliphatic carbocycles. The van der Waals surface area contributed by atoms with Crippen LogP contribution >= 0.6 is 11.8 Å². The summed E-state index contributed by atoms with van der Waals surface area (Å²) in [5.41, 5.74) is 0. The summed E-state index contributed by atoms with van der Waals surface area (Å²) in [6.07, 6.45) is 2.18. The van der Waals surface area contributed by atoms with E-state index in [-0.39, 0.29) is 29.6 Å². The summed E-state index contributed by atoms with van der Waals surface area (Å²) in [7, 11) is 3.93. The number of nitrogens with zero attached hydrogens (tertiary/aromatic N) is 4. The van der Waals surface area contributed by atoms with Gasteiger partial charge < -0.3 is 14.1 Å². The second-order valence-electron chi connectivity index (χ2n) is 6.49. The Bertz CT molecular complexity index is 599. The number of carbonyl (C=O) groups is 2. The van der Waals surface area contributed by atoms with Crippen LogP contribution in [0.2, 0.25) is 0 Å². The Labute approximate surface area is 158 Å². The molecule has 2 heterocycles. The number of piperidine rings is 1. The number of hydrogen-bond donors (Lipinski definition) is 0. The number of rotatable bonds is 8. The molecule has 0 radical (unpaired) electrons. The van der Waals surface area contributed by atoms with Crippen molar-refractivity contribution in [3.05, 3.63) is 5.89 Å². The number of thioether (sulfide) groups is 1. The van der Waals surface area contributed by atoms with Crippen LogP contribution in [0.25, 0.3) is 0 Å². The molecule has 26 heavy (non-hydrogen) atoms. The maximum atomic E-state index is 12.4. The molecule has 9 heteroatoms. The highest BCUT2D eigenvalue weighted by Crippen LogP contribution is 2.25. The Balaban J connectivity index is 1.79. The average Bonchev–Trinajstić information content (AvgIpc) is 3.09. The molecule has 1 aromatic heterocycles. The van der Waals surface area contributed by atoms with Gasteiger partial charge in [-0.05, 0) is 40.3 Å². The number of amides is 1. The molecule has 1 atom stereocenters. The zero-order valence-electron chi connectivity index (χ0n) is 15.9. The Morgan fingerprint density at radius 3 is 2.58 bits per heavy atom. The summed E-state index contributed by atoms with van der Waals surface area (Å²) in [5.74, 6) is 0.602. The standard InChI is InChI=1S/C17H28N4O4S/c1-5-13(20(3)4)15-18-19-17(25-15)26-11-14(22)21-9-7-12(8-10-21)16(23)24-6-2/h12-13H,5-11H2,1-4H3. The zero-order chi connectivity index (χ0) is 19.1. The van der Waals surface area contributed by atoms with Gasteiger partial charge in [-0.15, -0.1) is 10.2 Å².